The van der Waals surface area contributed by atoms with Crippen LogP contribution in [0.4, 0.5) is 0 Å². The van der Waals surface area contributed by atoms with Crippen LogP contribution in [0.15, 0.2) is 9.33 Å². The zero-order chi connectivity index (χ0) is 18.2. The van der Waals surface area contributed by atoms with E-state index < -0.39 is 27.9 Å². The number of thioether (sulfide) groups is 1. The lowest BCUT2D eigenvalue weighted by molar-refractivity contribution is -0.138. The zero-order valence-corrected chi connectivity index (χ0v) is 15.2. The summed E-state index contributed by atoms with van der Waals surface area (Å²) in [7, 11) is -2.35. The van der Waals surface area contributed by atoms with Gasteiger partial charge in [-0.2, -0.15) is 16.8 Å². The van der Waals surface area contributed by atoms with Crippen molar-refractivity contribution in [2.24, 2.45) is 22.9 Å². The topological polar surface area (TPSA) is 171 Å². The van der Waals surface area contributed by atoms with Crippen molar-refractivity contribution in [3.63, 3.8) is 0 Å². The predicted octanol–water partition coefficient (Wildman–Crippen LogP) is -1.27. The normalized spacial score (nSPS) is 13.2. The zero-order valence-electron chi connectivity index (χ0n) is 12.8. The molecule has 0 unspecified atom stereocenters. The molecule has 0 aliphatic rings. The number of hydrogen-bond acceptors (Lipinski definition) is 8. The van der Waals surface area contributed by atoms with Gasteiger partial charge < -0.3 is 10.8 Å². The molecular weight excluding hydrogens is 366 g/mol. The molecule has 1 aromatic rings. The van der Waals surface area contributed by atoms with Gasteiger partial charge in [0.2, 0.25) is 15.0 Å². The number of carbonyl (C=O) groups is 2. The fraction of sp³-hybridized carbons (Fsp3) is 0.600. The largest absolute Gasteiger partial charge is 0.480 e. The fourth-order valence-corrected chi connectivity index (χ4v) is 3.12. The van der Waals surface area contributed by atoms with Crippen molar-refractivity contribution in [3.8, 4) is 0 Å². The van der Waals surface area contributed by atoms with Gasteiger partial charge in [-0.1, -0.05) is 11.3 Å². The van der Waals surface area contributed by atoms with Gasteiger partial charge in [-0.15, -0.1) is 5.10 Å². The van der Waals surface area contributed by atoms with Crippen LogP contribution in [0.2, 0.25) is 0 Å². The summed E-state index contributed by atoms with van der Waals surface area (Å²) in [4.78, 5) is 24.5. The molecule has 1 amide bonds. The van der Waals surface area contributed by atoms with Gasteiger partial charge in [0.1, 0.15) is 6.04 Å². The van der Waals surface area contributed by atoms with Gasteiger partial charge in [0.05, 0.1) is 0 Å². The fourth-order valence-electron chi connectivity index (χ4n) is 1.04. The minimum Gasteiger partial charge on any atom is -0.480 e. The third-order valence-corrected chi connectivity index (χ3v) is 5.09. The molecule has 0 spiro atoms. The highest BCUT2D eigenvalue weighted by molar-refractivity contribution is 7.98. The number of nitrogens with two attached hydrogens (primary N) is 2. The number of carbonyl (C=O) groups excluding carboxylic acids is 1. The molecule has 13 heteroatoms. The average molecular weight is 385 g/mol. The number of nitrogens with zero attached hydrogens (tertiary/aromatic N) is 3. The number of aryl methyl sites for hydroxylation is 1. The molecule has 1 heterocycles. The number of aromatic nitrogens is 2. The van der Waals surface area contributed by atoms with Crippen molar-refractivity contribution in [1.29, 1.82) is 0 Å². The summed E-state index contributed by atoms with van der Waals surface area (Å²) in [6, 6.07) is -0.683. The standard InChI is InChI=1S/C5H8N4O3S2.C5H11NO2S/c1-3(10)7-4-9(2)8-5(13-4)14(6,11)12;1-9-3-2-4(6)5(7)8/h1-2H3,(H2,6,11,12);4H,2-3,6H2,1H3,(H,7,8)/t;4-/m.0/s1. The predicted molar refractivity (Wildman–Crippen MR) is 87.3 cm³/mol. The second-order valence-electron chi connectivity index (χ2n) is 4.18. The van der Waals surface area contributed by atoms with Crippen LogP contribution >= 0.6 is 23.1 Å². The molecule has 0 saturated carbocycles. The second kappa shape index (κ2) is 9.77. The van der Waals surface area contributed by atoms with Gasteiger partial charge >= 0.3 is 5.97 Å². The van der Waals surface area contributed by atoms with E-state index in [0.717, 1.165) is 17.1 Å². The number of sulfonamides is 1. The molecule has 10 nitrogen and oxygen atoms in total. The molecule has 0 saturated heterocycles. The monoisotopic (exact) mass is 385 g/mol. The first-order valence-corrected chi connectivity index (χ1v) is 9.84. The van der Waals surface area contributed by atoms with Crippen molar-refractivity contribution in [2.75, 3.05) is 12.0 Å². The molecule has 0 fully saturated rings. The summed E-state index contributed by atoms with van der Waals surface area (Å²) < 4.78 is 22.7. The summed E-state index contributed by atoms with van der Waals surface area (Å²) >= 11 is 2.35. The number of aliphatic carboxylic acids is 1. The Hall–Kier alpha value is -1.28. The van der Waals surface area contributed by atoms with Gasteiger partial charge in [-0.05, 0) is 18.4 Å². The van der Waals surface area contributed by atoms with Gasteiger partial charge in [-0.25, -0.2) is 18.2 Å². The van der Waals surface area contributed by atoms with Crippen LogP contribution < -0.4 is 15.7 Å². The van der Waals surface area contributed by atoms with E-state index in [2.05, 4.69) is 10.1 Å². The third-order valence-electron chi connectivity index (χ3n) is 2.13. The Morgan fingerprint density at radius 3 is 2.43 bits per heavy atom. The molecule has 0 aliphatic carbocycles. The molecule has 1 rings (SSSR count). The third kappa shape index (κ3) is 8.80. The summed E-state index contributed by atoms with van der Waals surface area (Å²) in [6.07, 6.45) is 2.48. The summed E-state index contributed by atoms with van der Waals surface area (Å²) in [5.41, 5.74) is 5.19. The second-order valence-corrected chi connectivity index (χ2v) is 7.85. The SMILES string of the molecule is CC(=O)N=c1sc(S(N)(=O)=O)nn1C.CSCC[C@H](N)C(=O)O. The van der Waals surface area contributed by atoms with Gasteiger partial charge in [0.15, 0.2) is 0 Å². The Kier molecular flexibility index (Phi) is 9.23. The highest BCUT2D eigenvalue weighted by Gasteiger charge is 2.14. The molecule has 1 atom stereocenters. The Bertz CT molecular complexity index is 709. The van der Waals surface area contributed by atoms with E-state index in [1.807, 2.05) is 6.26 Å². The molecule has 1 aromatic heterocycles. The summed E-state index contributed by atoms with van der Waals surface area (Å²) in [5, 5.41) is 16.7. The number of rotatable bonds is 5. The van der Waals surface area contributed by atoms with Crippen LogP contribution in [0.3, 0.4) is 0 Å². The van der Waals surface area contributed by atoms with Gasteiger partial charge in [0, 0.05) is 14.0 Å². The number of amides is 1. The van der Waals surface area contributed by atoms with E-state index >= 15 is 0 Å². The van der Waals surface area contributed by atoms with Crippen LogP contribution in [0.5, 0.6) is 0 Å². The van der Waals surface area contributed by atoms with Crippen LogP contribution in [-0.2, 0) is 26.7 Å². The molecule has 23 heavy (non-hydrogen) atoms. The molecule has 5 N–H and O–H groups in total. The van der Waals surface area contributed by atoms with Gasteiger partial charge in [-0.3, -0.25) is 9.59 Å². The Balaban J connectivity index is 0.000000468. The Morgan fingerprint density at radius 1 is 1.52 bits per heavy atom. The maximum Gasteiger partial charge on any atom is 0.320 e. The first-order chi connectivity index (χ1) is 10.5. The minimum absolute atomic E-state index is 0.196. The van der Waals surface area contributed by atoms with E-state index in [1.54, 1.807) is 11.8 Å². The lowest BCUT2D eigenvalue weighted by Gasteiger charge is -2.02. The van der Waals surface area contributed by atoms with E-state index in [9.17, 15) is 18.0 Å². The highest BCUT2D eigenvalue weighted by Crippen LogP contribution is 2.03. The Morgan fingerprint density at radius 2 is 2.09 bits per heavy atom. The van der Waals surface area contributed by atoms with Crippen molar-refractivity contribution < 1.29 is 23.1 Å². The number of hydrogen-bond donors (Lipinski definition) is 3. The van der Waals surface area contributed by atoms with E-state index in [0.29, 0.717) is 6.42 Å². The maximum atomic E-state index is 10.9. The molecular formula is C10H19N5O5S3. The molecule has 0 aliphatic heterocycles. The Labute approximate surface area is 141 Å². The highest BCUT2D eigenvalue weighted by atomic mass is 32.2. The maximum absolute atomic E-state index is 10.9. The number of carboxylic acids is 1. The van der Waals surface area contributed by atoms with Crippen LogP contribution in [0, 0.1) is 0 Å². The molecule has 132 valence electrons. The van der Waals surface area contributed by atoms with Crippen molar-refractivity contribution in [3.05, 3.63) is 4.80 Å². The summed E-state index contributed by atoms with van der Waals surface area (Å²) in [5.74, 6) is -0.526. The minimum atomic E-state index is -3.83. The first kappa shape index (κ1) is 21.7. The average Bonchev–Trinajstić information content (AvgIpc) is 2.77. The lowest BCUT2D eigenvalue weighted by Crippen LogP contribution is -2.30. The quantitative estimate of drug-likeness (QED) is 0.563. The van der Waals surface area contributed by atoms with Crippen LogP contribution in [0.25, 0.3) is 0 Å². The molecule has 0 aromatic carbocycles. The smallest absolute Gasteiger partial charge is 0.320 e. The van der Waals surface area contributed by atoms with Crippen molar-refractivity contribution in [2.45, 2.75) is 23.7 Å². The molecule has 0 bridgehead atoms. The van der Waals surface area contributed by atoms with E-state index in [4.69, 9.17) is 16.0 Å². The first-order valence-electron chi connectivity index (χ1n) is 6.08. The van der Waals surface area contributed by atoms with Gasteiger partial charge in [0.25, 0.3) is 10.0 Å². The van der Waals surface area contributed by atoms with Crippen LogP contribution in [-0.4, -0.2) is 53.2 Å². The van der Waals surface area contributed by atoms with Crippen LogP contribution in [0.1, 0.15) is 13.3 Å². The van der Waals surface area contributed by atoms with E-state index in [1.165, 1.54) is 18.7 Å². The molecule has 0 radical (unpaired) electrons. The van der Waals surface area contributed by atoms with E-state index in [-0.39, 0.29) is 9.14 Å². The summed E-state index contributed by atoms with van der Waals surface area (Å²) in [6.45, 7) is 1.26. The lowest BCUT2D eigenvalue weighted by atomic mass is 10.2. The van der Waals surface area contributed by atoms with Crippen molar-refractivity contribution in [1.82, 2.24) is 9.78 Å². The number of primary sulfonamides is 1. The van der Waals surface area contributed by atoms with Crippen molar-refractivity contribution >= 4 is 45.0 Å². The number of carboxylic acid groups (broad SMARTS) is 1.